The van der Waals surface area contributed by atoms with Crippen molar-refractivity contribution in [3.8, 4) is 11.1 Å². The number of aryl methyl sites for hydroxylation is 1. The second kappa shape index (κ2) is 14.6. The van der Waals surface area contributed by atoms with Crippen molar-refractivity contribution in [1.29, 1.82) is 0 Å². The van der Waals surface area contributed by atoms with Gasteiger partial charge in [-0.15, -0.1) is 0 Å². The van der Waals surface area contributed by atoms with E-state index in [4.69, 9.17) is 10.2 Å². The molecule has 2 aliphatic rings. The van der Waals surface area contributed by atoms with Crippen molar-refractivity contribution in [2.45, 2.75) is 38.7 Å². The van der Waals surface area contributed by atoms with E-state index in [2.05, 4.69) is 16.0 Å². The van der Waals surface area contributed by atoms with E-state index in [-0.39, 0.29) is 6.10 Å². The Morgan fingerprint density at radius 1 is 0.970 bits per heavy atom. The summed E-state index contributed by atoms with van der Waals surface area (Å²) in [6.45, 7) is 6.52. The number of nitrogens with one attached hydrogen (secondary N) is 3. The van der Waals surface area contributed by atoms with Gasteiger partial charge in [-0.2, -0.15) is 0 Å². The predicted molar refractivity (Wildman–Crippen MR) is 126 cm³/mol. The Bertz CT molecular complexity index is 837. The molecule has 0 radical (unpaired) electrons. The first-order valence-corrected chi connectivity index (χ1v) is 11.4. The quantitative estimate of drug-likeness (QED) is 0.474. The fourth-order valence-electron chi connectivity index (χ4n) is 3.61. The van der Waals surface area contributed by atoms with Gasteiger partial charge in [0, 0.05) is 13.1 Å². The van der Waals surface area contributed by atoms with Crippen molar-refractivity contribution in [3.05, 3.63) is 59.7 Å². The SMILES string of the molecule is Cc1ccc(-c2ccc(F)c(F)c2)cc1.O=C(O)NCCC1CCNCC1.OC1CCNC1. The van der Waals surface area contributed by atoms with Gasteiger partial charge in [-0.3, -0.25) is 0 Å². The van der Waals surface area contributed by atoms with Crippen LogP contribution in [-0.2, 0) is 0 Å². The molecule has 8 heteroatoms. The zero-order valence-electron chi connectivity index (χ0n) is 19.1. The van der Waals surface area contributed by atoms with Crippen molar-refractivity contribution in [3.63, 3.8) is 0 Å². The first-order valence-electron chi connectivity index (χ1n) is 11.4. The molecule has 33 heavy (non-hydrogen) atoms. The number of aliphatic hydroxyl groups is 1. The van der Waals surface area contributed by atoms with Crippen LogP contribution in [0, 0.1) is 24.5 Å². The Morgan fingerprint density at radius 2 is 1.61 bits per heavy atom. The van der Waals surface area contributed by atoms with Gasteiger partial charge in [0.25, 0.3) is 0 Å². The van der Waals surface area contributed by atoms with Gasteiger partial charge in [0.2, 0.25) is 0 Å². The minimum atomic E-state index is -0.913. The fraction of sp³-hybridized carbons (Fsp3) is 0.480. The average molecular weight is 464 g/mol. The number of hydrogen-bond donors (Lipinski definition) is 5. The van der Waals surface area contributed by atoms with Gasteiger partial charge < -0.3 is 26.2 Å². The molecule has 0 spiro atoms. The van der Waals surface area contributed by atoms with E-state index in [9.17, 15) is 13.6 Å². The number of amides is 1. The topological polar surface area (TPSA) is 93.6 Å². The Hall–Kier alpha value is -2.55. The third kappa shape index (κ3) is 10.7. The van der Waals surface area contributed by atoms with Gasteiger partial charge in [0.15, 0.2) is 11.6 Å². The van der Waals surface area contributed by atoms with Crippen molar-refractivity contribution in [1.82, 2.24) is 16.0 Å². The predicted octanol–water partition coefficient (Wildman–Crippen LogP) is 3.92. The van der Waals surface area contributed by atoms with Crippen LogP contribution in [0.25, 0.3) is 11.1 Å². The van der Waals surface area contributed by atoms with Crippen LogP contribution in [0.15, 0.2) is 42.5 Å². The molecule has 2 saturated heterocycles. The lowest BCUT2D eigenvalue weighted by molar-refractivity contribution is 0.193. The van der Waals surface area contributed by atoms with Crippen LogP contribution >= 0.6 is 0 Å². The van der Waals surface area contributed by atoms with Crippen molar-refractivity contribution in [2.24, 2.45) is 5.92 Å². The maximum absolute atomic E-state index is 13.0. The summed E-state index contributed by atoms with van der Waals surface area (Å²) in [7, 11) is 0. The third-order valence-corrected chi connectivity index (χ3v) is 5.63. The lowest BCUT2D eigenvalue weighted by Crippen LogP contribution is -2.30. The molecular weight excluding hydrogens is 428 g/mol. The standard InChI is InChI=1S/C13H10F2.C8H16N2O2.C4H9NO/c1-9-2-4-10(5-3-9)11-6-7-12(14)13(15)8-11;11-8(12)10-6-3-7-1-4-9-5-2-7;6-4-1-2-5-3-4/h2-8H,1H3;7,9-10H,1-6H2,(H,11,12);4-6H,1-3H2. The highest BCUT2D eigenvalue weighted by atomic mass is 19.2. The molecule has 0 aromatic heterocycles. The summed E-state index contributed by atoms with van der Waals surface area (Å²) in [6, 6.07) is 11.6. The Morgan fingerprint density at radius 3 is 2.12 bits per heavy atom. The van der Waals surface area contributed by atoms with E-state index in [0.29, 0.717) is 18.0 Å². The molecule has 1 amide bonds. The molecule has 4 rings (SSSR count). The largest absolute Gasteiger partial charge is 0.465 e. The van der Waals surface area contributed by atoms with Gasteiger partial charge in [-0.05, 0) is 81.4 Å². The van der Waals surface area contributed by atoms with Crippen molar-refractivity contribution < 1.29 is 23.8 Å². The maximum atomic E-state index is 13.0. The third-order valence-electron chi connectivity index (χ3n) is 5.63. The summed E-state index contributed by atoms with van der Waals surface area (Å²) in [5.74, 6) is -0.919. The van der Waals surface area contributed by atoms with E-state index in [1.165, 1.54) is 18.9 Å². The molecule has 6 nitrogen and oxygen atoms in total. The number of aliphatic hydroxyl groups excluding tert-OH is 1. The number of halogens is 2. The highest BCUT2D eigenvalue weighted by Gasteiger charge is 2.12. The Balaban J connectivity index is 0.000000191. The van der Waals surface area contributed by atoms with Crippen molar-refractivity contribution in [2.75, 3.05) is 32.7 Å². The lowest BCUT2D eigenvalue weighted by atomic mass is 9.95. The second-order valence-electron chi connectivity index (χ2n) is 8.36. The summed E-state index contributed by atoms with van der Waals surface area (Å²) in [6.07, 6.45) is 3.30. The monoisotopic (exact) mass is 463 g/mol. The summed E-state index contributed by atoms with van der Waals surface area (Å²) in [4.78, 5) is 10.1. The van der Waals surface area contributed by atoms with Crippen molar-refractivity contribution >= 4 is 6.09 Å². The van der Waals surface area contributed by atoms with Crippen LogP contribution in [0.2, 0.25) is 0 Å². The Labute approximate surface area is 194 Å². The van der Waals surface area contributed by atoms with E-state index in [0.717, 1.165) is 56.2 Å². The molecule has 0 aliphatic carbocycles. The smallest absolute Gasteiger partial charge is 0.404 e. The molecule has 0 saturated carbocycles. The van der Waals surface area contributed by atoms with Crippen LogP contribution in [0.3, 0.4) is 0 Å². The second-order valence-corrected chi connectivity index (χ2v) is 8.36. The fourth-order valence-corrected chi connectivity index (χ4v) is 3.61. The van der Waals surface area contributed by atoms with E-state index in [1.807, 2.05) is 31.2 Å². The minimum Gasteiger partial charge on any atom is -0.465 e. The number of rotatable bonds is 4. The summed E-state index contributed by atoms with van der Waals surface area (Å²) in [5, 5.41) is 25.7. The number of benzene rings is 2. The summed E-state index contributed by atoms with van der Waals surface area (Å²) in [5.41, 5.74) is 2.72. The first-order chi connectivity index (χ1) is 15.8. The average Bonchev–Trinajstić information content (AvgIpc) is 3.29. The molecule has 1 unspecified atom stereocenters. The maximum Gasteiger partial charge on any atom is 0.404 e. The van der Waals surface area contributed by atoms with Crippen LogP contribution in [0.5, 0.6) is 0 Å². The molecule has 0 bridgehead atoms. The number of carboxylic acid groups (broad SMARTS) is 1. The van der Waals surface area contributed by atoms with Gasteiger partial charge in [0.1, 0.15) is 0 Å². The molecule has 2 aromatic carbocycles. The summed E-state index contributed by atoms with van der Waals surface area (Å²) >= 11 is 0. The number of piperidine rings is 1. The van der Waals surface area contributed by atoms with Gasteiger partial charge in [-0.1, -0.05) is 35.9 Å². The summed E-state index contributed by atoms with van der Waals surface area (Å²) < 4.78 is 25.7. The molecule has 2 aromatic rings. The van der Waals surface area contributed by atoms with E-state index >= 15 is 0 Å². The van der Waals surface area contributed by atoms with E-state index < -0.39 is 17.7 Å². The molecule has 2 aliphatic heterocycles. The number of hydrogen-bond acceptors (Lipinski definition) is 4. The number of β-amino-alcohol motifs (C(OH)–C–C–N with tert-alkyl or cyclic N) is 1. The zero-order valence-corrected chi connectivity index (χ0v) is 19.1. The molecule has 1 atom stereocenters. The van der Waals surface area contributed by atoms with Gasteiger partial charge >= 0.3 is 6.09 Å². The van der Waals surface area contributed by atoms with Crippen LogP contribution in [-0.4, -0.2) is 55.1 Å². The lowest BCUT2D eigenvalue weighted by Gasteiger charge is -2.22. The van der Waals surface area contributed by atoms with Crippen LogP contribution in [0.4, 0.5) is 13.6 Å². The highest BCUT2D eigenvalue weighted by molar-refractivity contribution is 5.64. The normalized spacial score (nSPS) is 17.9. The zero-order chi connectivity index (χ0) is 24.1. The minimum absolute atomic E-state index is 0.0648. The molecular formula is C25H35F2N3O3. The highest BCUT2D eigenvalue weighted by Crippen LogP contribution is 2.21. The molecule has 2 heterocycles. The number of carbonyl (C=O) groups is 1. The first kappa shape index (κ1) is 26.7. The van der Waals surface area contributed by atoms with E-state index in [1.54, 1.807) is 6.07 Å². The van der Waals surface area contributed by atoms with Crippen LogP contribution < -0.4 is 16.0 Å². The van der Waals surface area contributed by atoms with Gasteiger partial charge in [0.05, 0.1) is 6.10 Å². The molecule has 2 fully saturated rings. The Kier molecular flexibility index (Phi) is 11.8. The molecule has 5 N–H and O–H groups in total. The molecule has 182 valence electrons. The van der Waals surface area contributed by atoms with Crippen LogP contribution in [0.1, 0.15) is 31.2 Å². The van der Waals surface area contributed by atoms with Gasteiger partial charge in [-0.25, -0.2) is 13.6 Å².